The van der Waals surface area contributed by atoms with Gasteiger partial charge in [0.1, 0.15) is 0 Å². The van der Waals surface area contributed by atoms with Crippen molar-refractivity contribution in [2.24, 2.45) is 0 Å². The van der Waals surface area contributed by atoms with Gasteiger partial charge in [-0.15, -0.1) is 0 Å². The minimum atomic E-state index is -2.96. The summed E-state index contributed by atoms with van der Waals surface area (Å²) >= 11 is 0. The van der Waals surface area contributed by atoms with E-state index in [0.29, 0.717) is 13.0 Å². The van der Waals surface area contributed by atoms with Gasteiger partial charge < -0.3 is 5.11 Å². The lowest BCUT2D eigenvalue weighted by molar-refractivity contribution is 0.473. The van der Waals surface area contributed by atoms with Gasteiger partial charge in [-0.25, -0.2) is 8.42 Å². The van der Waals surface area contributed by atoms with Gasteiger partial charge in [-0.3, -0.25) is 4.68 Å². The molecule has 6 heteroatoms. The lowest BCUT2D eigenvalue weighted by atomic mass is 10.6. The molecule has 1 N–H and O–H groups in total. The van der Waals surface area contributed by atoms with Crippen molar-refractivity contribution in [3.8, 4) is 5.75 Å². The van der Waals surface area contributed by atoms with Crippen LogP contribution in [0.5, 0.6) is 5.75 Å². The first-order chi connectivity index (χ1) is 6.53. The highest BCUT2D eigenvalue weighted by molar-refractivity contribution is 7.91. The molecule has 0 fully saturated rings. The monoisotopic (exact) mass is 218 g/mol. The summed E-state index contributed by atoms with van der Waals surface area (Å²) < 4.78 is 24.0. The van der Waals surface area contributed by atoms with Crippen molar-refractivity contribution in [1.82, 2.24) is 9.78 Å². The Morgan fingerprint density at radius 1 is 1.50 bits per heavy atom. The van der Waals surface area contributed by atoms with Crippen LogP contribution in [0.4, 0.5) is 0 Å². The Morgan fingerprint density at radius 2 is 2.21 bits per heavy atom. The fourth-order valence-electron chi connectivity index (χ4n) is 1.12. The normalized spacial score (nSPS) is 11.8. The zero-order chi connectivity index (χ0) is 10.6. The Hall–Kier alpha value is -1.04. The lowest BCUT2D eigenvalue weighted by Gasteiger charge is -2.02. The van der Waals surface area contributed by atoms with Crippen molar-refractivity contribution >= 4 is 9.84 Å². The topological polar surface area (TPSA) is 72.2 Å². The van der Waals surface area contributed by atoms with Crippen LogP contribution in [0.15, 0.2) is 12.4 Å². The third-order valence-corrected chi connectivity index (χ3v) is 3.60. The molecule has 0 atom stereocenters. The summed E-state index contributed by atoms with van der Waals surface area (Å²) in [7, 11) is -2.96. The highest BCUT2D eigenvalue weighted by Gasteiger charge is 2.09. The molecule has 1 aromatic heterocycles. The molecule has 1 rings (SSSR count). The van der Waals surface area contributed by atoms with E-state index in [1.807, 2.05) is 6.92 Å². The molecule has 0 bridgehead atoms. The summed E-state index contributed by atoms with van der Waals surface area (Å²) in [5.41, 5.74) is 0. The third-order valence-electron chi connectivity index (χ3n) is 1.77. The zero-order valence-corrected chi connectivity index (χ0v) is 8.87. The zero-order valence-electron chi connectivity index (χ0n) is 8.05. The second-order valence-electron chi connectivity index (χ2n) is 3.11. The summed E-state index contributed by atoms with van der Waals surface area (Å²) in [6.45, 7) is 2.13. The maximum absolute atomic E-state index is 11.3. The number of aromatic hydroxyl groups is 1. The van der Waals surface area contributed by atoms with Crippen LogP contribution in [0.1, 0.15) is 13.3 Å². The molecular weight excluding hydrogens is 204 g/mol. The van der Waals surface area contributed by atoms with E-state index >= 15 is 0 Å². The maximum Gasteiger partial charge on any atom is 0.153 e. The minimum Gasteiger partial charge on any atom is -0.505 e. The SMILES string of the molecule is CCCS(=O)(=O)CCn1cc(O)cn1. The summed E-state index contributed by atoms with van der Waals surface area (Å²) in [6, 6.07) is 0. The minimum absolute atomic E-state index is 0.0536. The van der Waals surface area contributed by atoms with E-state index < -0.39 is 9.84 Å². The van der Waals surface area contributed by atoms with Crippen LogP contribution in [0.3, 0.4) is 0 Å². The quantitative estimate of drug-likeness (QED) is 0.777. The number of rotatable bonds is 5. The van der Waals surface area contributed by atoms with Crippen LogP contribution in [0, 0.1) is 0 Å². The van der Waals surface area contributed by atoms with Crippen LogP contribution in [0.2, 0.25) is 0 Å². The Balaban J connectivity index is 2.48. The number of aryl methyl sites for hydroxylation is 1. The van der Waals surface area contributed by atoms with E-state index in [4.69, 9.17) is 5.11 Å². The molecule has 0 unspecified atom stereocenters. The smallest absolute Gasteiger partial charge is 0.153 e. The molecule has 0 aromatic carbocycles. The van der Waals surface area contributed by atoms with Gasteiger partial charge in [-0.2, -0.15) is 5.10 Å². The molecule has 0 saturated heterocycles. The number of hydrogen-bond acceptors (Lipinski definition) is 4. The van der Waals surface area contributed by atoms with Gasteiger partial charge >= 0.3 is 0 Å². The van der Waals surface area contributed by atoms with E-state index in [2.05, 4.69) is 5.10 Å². The molecule has 5 nitrogen and oxygen atoms in total. The first-order valence-electron chi connectivity index (χ1n) is 4.45. The summed E-state index contributed by atoms with van der Waals surface area (Å²) in [6.07, 6.45) is 3.32. The molecule has 0 spiro atoms. The average Bonchev–Trinajstić information content (AvgIpc) is 2.48. The molecule has 0 saturated carbocycles. The van der Waals surface area contributed by atoms with Gasteiger partial charge in [0.2, 0.25) is 0 Å². The van der Waals surface area contributed by atoms with Gasteiger partial charge in [-0.05, 0) is 6.42 Å². The number of nitrogens with zero attached hydrogens (tertiary/aromatic N) is 2. The van der Waals surface area contributed by atoms with E-state index in [1.165, 1.54) is 17.1 Å². The molecule has 0 aliphatic carbocycles. The Labute approximate surface area is 83.3 Å². The third kappa shape index (κ3) is 3.37. The first-order valence-corrected chi connectivity index (χ1v) is 6.27. The first kappa shape index (κ1) is 11.0. The van der Waals surface area contributed by atoms with Crippen LogP contribution >= 0.6 is 0 Å². The fraction of sp³-hybridized carbons (Fsp3) is 0.625. The summed E-state index contributed by atoms with van der Waals surface area (Å²) in [5.74, 6) is 0.334. The van der Waals surface area contributed by atoms with Crippen molar-refractivity contribution in [3.63, 3.8) is 0 Å². The van der Waals surface area contributed by atoms with Gasteiger partial charge in [0.05, 0.1) is 24.7 Å². The van der Waals surface area contributed by atoms with E-state index in [0.717, 1.165) is 0 Å². The van der Waals surface area contributed by atoms with Crippen molar-refractivity contribution in [2.75, 3.05) is 11.5 Å². The van der Waals surface area contributed by atoms with Gasteiger partial charge in [0.15, 0.2) is 15.6 Å². The van der Waals surface area contributed by atoms with E-state index in [1.54, 1.807) is 0 Å². The summed E-state index contributed by atoms with van der Waals surface area (Å²) in [4.78, 5) is 0. The molecular formula is C8H14N2O3S. The van der Waals surface area contributed by atoms with Crippen LogP contribution in [0.25, 0.3) is 0 Å². The molecule has 1 heterocycles. The number of aromatic nitrogens is 2. The average molecular weight is 218 g/mol. The number of sulfone groups is 1. The number of hydrogen-bond donors (Lipinski definition) is 1. The largest absolute Gasteiger partial charge is 0.505 e. The summed E-state index contributed by atoms with van der Waals surface area (Å²) in [5, 5.41) is 12.7. The molecule has 1 aromatic rings. The van der Waals surface area contributed by atoms with Gasteiger partial charge in [0, 0.05) is 5.75 Å². The highest BCUT2D eigenvalue weighted by atomic mass is 32.2. The van der Waals surface area contributed by atoms with Crippen molar-refractivity contribution in [2.45, 2.75) is 19.9 Å². The molecule has 80 valence electrons. The van der Waals surface area contributed by atoms with Crippen molar-refractivity contribution in [1.29, 1.82) is 0 Å². The van der Waals surface area contributed by atoms with Gasteiger partial charge in [-0.1, -0.05) is 6.92 Å². The lowest BCUT2D eigenvalue weighted by Crippen LogP contribution is -2.15. The van der Waals surface area contributed by atoms with E-state index in [9.17, 15) is 8.42 Å². The Bertz CT molecular complexity index is 383. The predicted octanol–water partition coefficient (Wildman–Crippen LogP) is 0.414. The molecule has 0 aliphatic heterocycles. The second-order valence-corrected chi connectivity index (χ2v) is 5.42. The van der Waals surface area contributed by atoms with E-state index in [-0.39, 0.29) is 17.3 Å². The highest BCUT2D eigenvalue weighted by Crippen LogP contribution is 2.04. The van der Waals surface area contributed by atoms with Crippen LogP contribution in [-0.2, 0) is 16.4 Å². The Kier molecular flexibility index (Phi) is 3.51. The van der Waals surface area contributed by atoms with Crippen LogP contribution in [-0.4, -0.2) is 34.8 Å². The maximum atomic E-state index is 11.3. The predicted molar refractivity (Wildman–Crippen MR) is 52.8 cm³/mol. The second kappa shape index (κ2) is 4.45. The standard InChI is InChI=1S/C8H14N2O3S/c1-2-4-14(12,13)5-3-10-7-8(11)6-9-10/h6-7,11H,2-5H2,1H3. The molecule has 0 aliphatic rings. The van der Waals surface area contributed by atoms with Crippen LogP contribution < -0.4 is 0 Å². The van der Waals surface area contributed by atoms with Crippen molar-refractivity contribution < 1.29 is 13.5 Å². The fourth-order valence-corrected chi connectivity index (χ4v) is 2.41. The Morgan fingerprint density at radius 3 is 2.71 bits per heavy atom. The molecule has 14 heavy (non-hydrogen) atoms. The van der Waals surface area contributed by atoms with Crippen molar-refractivity contribution in [3.05, 3.63) is 12.4 Å². The van der Waals surface area contributed by atoms with Gasteiger partial charge in [0.25, 0.3) is 0 Å². The molecule has 0 amide bonds. The molecule has 0 radical (unpaired) electrons.